The fourth-order valence-corrected chi connectivity index (χ4v) is 1.24. The molecule has 1 aromatic rings. The first kappa shape index (κ1) is 11.4. The quantitative estimate of drug-likeness (QED) is 0.843. The van der Waals surface area contributed by atoms with E-state index >= 15 is 0 Å². The van der Waals surface area contributed by atoms with Crippen LogP contribution in [-0.4, -0.2) is 9.78 Å². The molecule has 0 unspecified atom stereocenters. The highest BCUT2D eigenvalue weighted by Gasteiger charge is 2.23. The Balaban J connectivity index is 2.78. The largest absolute Gasteiger partial charge is 0.381 e. The van der Waals surface area contributed by atoms with Crippen LogP contribution in [0.5, 0.6) is 0 Å². The van der Waals surface area contributed by atoms with Crippen molar-refractivity contribution < 1.29 is 0 Å². The molecule has 0 aromatic carbocycles. The SMILES string of the molecule is CC(C)C(C)(C)Cn1cc(Cl)c(N)n1. The van der Waals surface area contributed by atoms with Crippen LogP contribution >= 0.6 is 11.6 Å². The maximum atomic E-state index is 5.83. The number of hydrogen-bond donors (Lipinski definition) is 1. The number of halogens is 1. The minimum atomic E-state index is 0.196. The van der Waals surface area contributed by atoms with Crippen molar-refractivity contribution in [2.75, 3.05) is 5.73 Å². The Kier molecular flexibility index (Phi) is 3.10. The highest BCUT2D eigenvalue weighted by molar-refractivity contribution is 6.32. The summed E-state index contributed by atoms with van der Waals surface area (Å²) in [4.78, 5) is 0. The molecule has 80 valence electrons. The van der Waals surface area contributed by atoms with Crippen LogP contribution in [-0.2, 0) is 6.54 Å². The number of hydrogen-bond acceptors (Lipinski definition) is 2. The van der Waals surface area contributed by atoms with Crippen molar-refractivity contribution in [3.63, 3.8) is 0 Å². The number of nitrogens with two attached hydrogens (primary N) is 1. The van der Waals surface area contributed by atoms with E-state index in [4.69, 9.17) is 17.3 Å². The molecule has 0 fully saturated rings. The van der Waals surface area contributed by atoms with Gasteiger partial charge in [0, 0.05) is 12.7 Å². The van der Waals surface area contributed by atoms with E-state index in [2.05, 4.69) is 32.8 Å². The van der Waals surface area contributed by atoms with E-state index < -0.39 is 0 Å². The molecule has 0 radical (unpaired) electrons. The normalized spacial score (nSPS) is 12.4. The molecule has 3 nitrogen and oxygen atoms in total. The maximum Gasteiger partial charge on any atom is 0.164 e. The molecule has 4 heteroatoms. The Labute approximate surface area is 90.2 Å². The predicted octanol–water partition coefficient (Wildman–Crippen LogP) is 2.80. The molecule has 0 bridgehead atoms. The van der Waals surface area contributed by atoms with Crippen molar-refractivity contribution in [1.29, 1.82) is 0 Å². The lowest BCUT2D eigenvalue weighted by atomic mass is 9.81. The zero-order valence-electron chi connectivity index (χ0n) is 9.21. The van der Waals surface area contributed by atoms with Crippen LogP contribution in [0.3, 0.4) is 0 Å². The lowest BCUT2D eigenvalue weighted by molar-refractivity contribution is 0.201. The fourth-order valence-electron chi connectivity index (χ4n) is 1.09. The number of anilines is 1. The van der Waals surface area contributed by atoms with E-state index in [9.17, 15) is 0 Å². The third-order valence-electron chi connectivity index (χ3n) is 2.88. The van der Waals surface area contributed by atoms with Gasteiger partial charge in [-0.3, -0.25) is 4.68 Å². The van der Waals surface area contributed by atoms with Crippen LogP contribution in [0.25, 0.3) is 0 Å². The van der Waals surface area contributed by atoms with Crippen LogP contribution in [0.2, 0.25) is 5.02 Å². The molecule has 0 amide bonds. The first-order valence-corrected chi connectivity index (χ1v) is 5.19. The van der Waals surface area contributed by atoms with Crippen LogP contribution in [0.15, 0.2) is 6.20 Å². The van der Waals surface area contributed by atoms with Gasteiger partial charge in [-0.2, -0.15) is 5.10 Å². The van der Waals surface area contributed by atoms with Gasteiger partial charge in [0.05, 0.1) is 0 Å². The molecule has 0 aliphatic carbocycles. The second-order valence-electron chi connectivity index (χ2n) is 4.70. The molecule has 14 heavy (non-hydrogen) atoms. The topological polar surface area (TPSA) is 43.8 Å². The van der Waals surface area contributed by atoms with Crippen LogP contribution in [0.4, 0.5) is 5.82 Å². The summed E-state index contributed by atoms with van der Waals surface area (Å²) < 4.78 is 1.82. The second kappa shape index (κ2) is 3.81. The van der Waals surface area contributed by atoms with E-state index in [0.29, 0.717) is 16.8 Å². The van der Waals surface area contributed by atoms with Crippen molar-refractivity contribution in [2.45, 2.75) is 34.2 Å². The highest BCUT2D eigenvalue weighted by atomic mass is 35.5. The summed E-state index contributed by atoms with van der Waals surface area (Å²) in [5, 5.41) is 4.67. The Morgan fingerprint density at radius 2 is 2.14 bits per heavy atom. The van der Waals surface area contributed by atoms with Gasteiger partial charge in [-0.25, -0.2) is 0 Å². The summed E-state index contributed by atoms with van der Waals surface area (Å²) in [5.41, 5.74) is 5.77. The number of nitrogen functional groups attached to an aromatic ring is 1. The summed E-state index contributed by atoms with van der Waals surface area (Å²) in [7, 11) is 0. The Hall–Kier alpha value is -0.700. The minimum absolute atomic E-state index is 0.196. The molecule has 0 aliphatic rings. The third-order valence-corrected chi connectivity index (χ3v) is 3.17. The van der Waals surface area contributed by atoms with Crippen molar-refractivity contribution in [1.82, 2.24) is 9.78 Å². The van der Waals surface area contributed by atoms with Crippen molar-refractivity contribution in [3.05, 3.63) is 11.2 Å². The lowest BCUT2D eigenvalue weighted by Gasteiger charge is -2.28. The van der Waals surface area contributed by atoms with Crippen LogP contribution in [0, 0.1) is 11.3 Å². The molecule has 1 rings (SSSR count). The highest BCUT2D eigenvalue weighted by Crippen LogP contribution is 2.28. The van der Waals surface area contributed by atoms with E-state index in [1.165, 1.54) is 0 Å². The zero-order valence-corrected chi connectivity index (χ0v) is 9.97. The van der Waals surface area contributed by atoms with Gasteiger partial charge in [-0.05, 0) is 11.3 Å². The Morgan fingerprint density at radius 1 is 1.57 bits per heavy atom. The number of aromatic nitrogens is 2. The smallest absolute Gasteiger partial charge is 0.164 e. The second-order valence-corrected chi connectivity index (χ2v) is 5.11. The van der Waals surface area contributed by atoms with Gasteiger partial charge in [0.25, 0.3) is 0 Å². The monoisotopic (exact) mass is 215 g/mol. The van der Waals surface area contributed by atoms with Gasteiger partial charge in [0.1, 0.15) is 5.02 Å². The maximum absolute atomic E-state index is 5.83. The Morgan fingerprint density at radius 3 is 2.50 bits per heavy atom. The third kappa shape index (κ3) is 2.41. The molecule has 0 saturated carbocycles. The van der Waals surface area contributed by atoms with Crippen LogP contribution in [0.1, 0.15) is 27.7 Å². The molecule has 0 aliphatic heterocycles. The molecular weight excluding hydrogens is 198 g/mol. The standard InChI is InChI=1S/C10H18ClN3/c1-7(2)10(3,4)6-14-5-8(11)9(12)13-14/h5,7H,6H2,1-4H3,(H2,12,13). The predicted molar refractivity (Wildman–Crippen MR) is 60.3 cm³/mol. The summed E-state index contributed by atoms with van der Waals surface area (Å²) >= 11 is 5.83. The molecule has 1 heterocycles. The van der Waals surface area contributed by atoms with E-state index in [1.54, 1.807) is 6.20 Å². The lowest BCUT2D eigenvalue weighted by Crippen LogP contribution is -2.25. The van der Waals surface area contributed by atoms with Gasteiger partial charge >= 0.3 is 0 Å². The first-order valence-electron chi connectivity index (χ1n) is 4.81. The minimum Gasteiger partial charge on any atom is -0.381 e. The van der Waals surface area contributed by atoms with Crippen molar-refractivity contribution in [2.24, 2.45) is 11.3 Å². The molecular formula is C10H18ClN3. The average molecular weight is 216 g/mol. The number of nitrogens with zero attached hydrogens (tertiary/aromatic N) is 2. The van der Waals surface area contributed by atoms with Crippen LogP contribution < -0.4 is 5.73 Å². The van der Waals surface area contributed by atoms with Gasteiger partial charge in [0.2, 0.25) is 0 Å². The van der Waals surface area contributed by atoms with Crippen molar-refractivity contribution in [3.8, 4) is 0 Å². The van der Waals surface area contributed by atoms with E-state index in [1.807, 2.05) is 4.68 Å². The zero-order chi connectivity index (χ0) is 10.9. The van der Waals surface area contributed by atoms with Gasteiger partial charge in [-0.15, -0.1) is 0 Å². The van der Waals surface area contributed by atoms with Crippen molar-refractivity contribution >= 4 is 17.4 Å². The van der Waals surface area contributed by atoms with Gasteiger partial charge in [-0.1, -0.05) is 39.3 Å². The average Bonchev–Trinajstić information content (AvgIpc) is 2.29. The van der Waals surface area contributed by atoms with E-state index in [0.717, 1.165) is 6.54 Å². The van der Waals surface area contributed by atoms with E-state index in [-0.39, 0.29) is 5.41 Å². The summed E-state index contributed by atoms with van der Waals surface area (Å²) in [6.45, 7) is 9.66. The summed E-state index contributed by atoms with van der Waals surface area (Å²) in [6, 6.07) is 0. The number of rotatable bonds is 3. The summed E-state index contributed by atoms with van der Waals surface area (Å²) in [5.74, 6) is 0.998. The first-order chi connectivity index (χ1) is 6.33. The molecule has 1 aromatic heterocycles. The Bertz CT molecular complexity index is 296. The summed E-state index contributed by atoms with van der Waals surface area (Å²) in [6.07, 6.45) is 1.78. The van der Waals surface area contributed by atoms with Gasteiger partial charge < -0.3 is 5.73 Å². The molecule has 0 saturated heterocycles. The van der Waals surface area contributed by atoms with Gasteiger partial charge in [0.15, 0.2) is 5.82 Å². The molecule has 2 N–H and O–H groups in total. The molecule has 0 atom stereocenters. The fraction of sp³-hybridized carbons (Fsp3) is 0.700. The molecule has 0 spiro atoms.